The summed E-state index contributed by atoms with van der Waals surface area (Å²) in [6.45, 7) is 11.5. The third-order valence-corrected chi connectivity index (χ3v) is 2.38. The van der Waals surface area contributed by atoms with Crippen LogP contribution in [0.5, 0.6) is 0 Å². The van der Waals surface area contributed by atoms with Gasteiger partial charge < -0.3 is 10.6 Å². The summed E-state index contributed by atoms with van der Waals surface area (Å²) < 4.78 is 0. The number of rotatable bonds is 5. The summed E-state index contributed by atoms with van der Waals surface area (Å²) in [7, 11) is 0. The first-order valence-corrected chi connectivity index (χ1v) is 5.89. The zero-order valence-corrected chi connectivity index (χ0v) is 10.8. The molecular formula is C12H26N2O. The highest BCUT2D eigenvalue weighted by molar-refractivity contribution is 5.74. The molecule has 15 heavy (non-hydrogen) atoms. The van der Waals surface area contributed by atoms with Gasteiger partial charge in [0.25, 0.3) is 0 Å². The van der Waals surface area contributed by atoms with Crippen molar-refractivity contribution >= 4 is 6.03 Å². The van der Waals surface area contributed by atoms with Gasteiger partial charge in [-0.2, -0.15) is 0 Å². The lowest BCUT2D eigenvalue weighted by Gasteiger charge is -2.18. The van der Waals surface area contributed by atoms with Crippen molar-refractivity contribution in [2.24, 2.45) is 5.41 Å². The summed E-state index contributed by atoms with van der Waals surface area (Å²) in [6, 6.07) is 0.214. The van der Waals surface area contributed by atoms with Gasteiger partial charge in [0, 0.05) is 12.6 Å². The Kier molecular flexibility index (Phi) is 6.37. The highest BCUT2D eigenvalue weighted by Crippen LogP contribution is 2.19. The van der Waals surface area contributed by atoms with Crippen molar-refractivity contribution in [1.29, 1.82) is 0 Å². The molecular weight excluding hydrogens is 188 g/mol. The lowest BCUT2D eigenvalue weighted by atomic mass is 9.91. The molecule has 0 bridgehead atoms. The molecule has 0 aliphatic rings. The molecule has 0 aliphatic heterocycles. The number of carbonyl (C=O) groups excluding carboxylic acids is 1. The predicted octanol–water partition coefficient (Wildman–Crippen LogP) is 2.91. The second-order valence-corrected chi connectivity index (χ2v) is 5.37. The molecule has 0 aromatic heterocycles. The zero-order valence-electron chi connectivity index (χ0n) is 10.8. The first-order valence-electron chi connectivity index (χ1n) is 5.89. The number of carbonyl (C=O) groups is 1. The summed E-state index contributed by atoms with van der Waals surface area (Å²) in [4.78, 5) is 11.3. The number of urea groups is 1. The van der Waals surface area contributed by atoms with Gasteiger partial charge in [0.2, 0.25) is 0 Å². The second kappa shape index (κ2) is 6.70. The number of hydrogen-bond acceptors (Lipinski definition) is 1. The number of nitrogens with one attached hydrogen (secondary N) is 2. The molecule has 0 spiro atoms. The first-order chi connectivity index (χ1) is 6.85. The number of amides is 2. The van der Waals surface area contributed by atoms with E-state index in [1.807, 2.05) is 6.92 Å². The van der Waals surface area contributed by atoms with Crippen molar-refractivity contribution in [2.45, 2.75) is 59.9 Å². The Labute approximate surface area is 94.0 Å². The van der Waals surface area contributed by atoms with E-state index in [1.165, 1.54) is 0 Å². The SMILES string of the molecule is CCC(C)NC(=O)NCCCC(C)(C)C. The van der Waals surface area contributed by atoms with Gasteiger partial charge in [-0.05, 0) is 31.6 Å². The molecule has 0 rings (SSSR count). The van der Waals surface area contributed by atoms with Crippen LogP contribution in [0.2, 0.25) is 0 Å². The second-order valence-electron chi connectivity index (χ2n) is 5.37. The van der Waals surface area contributed by atoms with Gasteiger partial charge >= 0.3 is 6.03 Å². The van der Waals surface area contributed by atoms with E-state index >= 15 is 0 Å². The molecule has 0 heterocycles. The molecule has 0 fully saturated rings. The summed E-state index contributed by atoms with van der Waals surface area (Å²) >= 11 is 0. The molecule has 0 saturated heterocycles. The Morgan fingerprint density at radius 1 is 1.33 bits per heavy atom. The normalized spacial score (nSPS) is 13.4. The smallest absolute Gasteiger partial charge is 0.314 e. The molecule has 1 unspecified atom stereocenters. The van der Waals surface area contributed by atoms with E-state index < -0.39 is 0 Å². The van der Waals surface area contributed by atoms with Crippen molar-refractivity contribution < 1.29 is 4.79 Å². The van der Waals surface area contributed by atoms with Gasteiger partial charge in [-0.25, -0.2) is 4.79 Å². The van der Waals surface area contributed by atoms with Crippen LogP contribution < -0.4 is 10.6 Å². The van der Waals surface area contributed by atoms with Crippen LogP contribution in [-0.4, -0.2) is 18.6 Å². The van der Waals surface area contributed by atoms with Gasteiger partial charge in [-0.1, -0.05) is 27.7 Å². The summed E-state index contributed by atoms with van der Waals surface area (Å²) in [5.41, 5.74) is 0.356. The van der Waals surface area contributed by atoms with Gasteiger partial charge in [-0.15, -0.1) is 0 Å². The topological polar surface area (TPSA) is 41.1 Å². The fourth-order valence-electron chi connectivity index (χ4n) is 1.20. The molecule has 0 radical (unpaired) electrons. The average Bonchev–Trinajstić information content (AvgIpc) is 2.11. The van der Waals surface area contributed by atoms with Gasteiger partial charge in [0.1, 0.15) is 0 Å². The number of hydrogen-bond donors (Lipinski definition) is 2. The minimum atomic E-state index is -0.0433. The largest absolute Gasteiger partial charge is 0.338 e. The molecule has 2 N–H and O–H groups in total. The molecule has 2 amide bonds. The van der Waals surface area contributed by atoms with Crippen LogP contribution in [0.15, 0.2) is 0 Å². The Morgan fingerprint density at radius 3 is 2.40 bits per heavy atom. The maximum atomic E-state index is 11.3. The Morgan fingerprint density at radius 2 is 1.93 bits per heavy atom. The summed E-state index contributed by atoms with van der Waals surface area (Å²) in [5, 5.41) is 5.75. The van der Waals surface area contributed by atoms with Gasteiger partial charge in [0.15, 0.2) is 0 Å². The van der Waals surface area contributed by atoms with Crippen LogP contribution in [-0.2, 0) is 0 Å². The molecule has 0 aromatic carbocycles. The summed E-state index contributed by atoms with van der Waals surface area (Å²) in [5.74, 6) is 0. The van der Waals surface area contributed by atoms with Crippen LogP contribution in [0.4, 0.5) is 4.79 Å². The van der Waals surface area contributed by atoms with Crippen LogP contribution in [0, 0.1) is 5.41 Å². The molecule has 3 nitrogen and oxygen atoms in total. The minimum Gasteiger partial charge on any atom is -0.338 e. The van der Waals surface area contributed by atoms with Crippen LogP contribution in [0.1, 0.15) is 53.9 Å². The Bertz CT molecular complexity index is 185. The minimum absolute atomic E-state index is 0.0433. The molecule has 0 aliphatic carbocycles. The van der Waals surface area contributed by atoms with Crippen LogP contribution >= 0.6 is 0 Å². The Balaban J connectivity index is 3.48. The van der Waals surface area contributed by atoms with E-state index in [0.29, 0.717) is 5.41 Å². The fourth-order valence-corrected chi connectivity index (χ4v) is 1.20. The van der Waals surface area contributed by atoms with Crippen molar-refractivity contribution in [1.82, 2.24) is 10.6 Å². The van der Waals surface area contributed by atoms with Gasteiger partial charge in [-0.3, -0.25) is 0 Å². The van der Waals surface area contributed by atoms with E-state index in [-0.39, 0.29) is 12.1 Å². The van der Waals surface area contributed by atoms with E-state index in [1.54, 1.807) is 0 Å². The molecule has 1 atom stereocenters. The third-order valence-electron chi connectivity index (χ3n) is 2.38. The van der Waals surface area contributed by atoms with E-state index in [2.05, 4.69) is 38.3 Å². The summed E-state index contributed by atoms with van der Waals surface area (Å²) in [6.07, 6.45) is 3.14. The highest BCUT2D eigenvalue weighted by Gasteiger charge is 2.09. The van der Waals surface area contributed by atoms with E-state index in [9.17, 15) is 4.79 Å². The maximum Gasteiger partial charge on any atom is 0.314 e. The van der Waals surface area contributed by atoms with Crippen molar-refractivity contribution in [2.75, 3.05) is 6.54 Å². The molecule has 0 saturated carbocycles. The third kappa shape index (κ3) is 9.57. The average molecular weight is 214 g/mol. The standard InChI is InChI=1S/C12H26N2O/c1-6-10(2)14-11(15)13-9-7-8-12(3,4)5/h10H,6-9H2,1-5H3,(H2,13,14,15). The molecule has 3 heteroatoms. The molecule has 90 valence electrons. The first kappa shape index (κ1) is 14.3. The van der Waals surface area contributed by atoms with E-state index in [0.717, 1.165) is 25.8 Å². The van der Waals surface area contributed by atoms with E-state index in [4.69, 9.17) is 0 Å². The monoisotopic (exact) mass is 214 g/mol. The molecule has 0 aromatic rings. The highest BCUT2D eigenvalue weighted by atomic mass is 16.2. The lowest BCUT2D eigenvalue weighted by molar-refractivity contribution is 0.236. The maximum absolute atomic E-state index is 11.3. The fraction of sp³-hybridized carbons (Fsp3) is 0.917. The van der Waals surface area contributed by atoms with Crippen molar-refractivity contribution in [3.8, 4) is 0 Å². The zero-order chi connectivity index (χ0) is 11.9. The predicted molar refractivity (Wildman–Crippen MR) is 65.0 cm³/mol. The Hall–Kier alpha value is -0.730. The van der Waals surface area contributed by atoms with Crippen molar-refractivity contribution in [3.05, 3.63) is 0 Å². The lowest BCUT2D eigenvalue weighted by Crippen LogP contribution is -2.40. The van der Waals surface area contributed by atoms with Crippen LogP contribution in [0.3, 0.4) is 0 Å². The quantitative estimate of drug-likeness (QED) is 0.679. The van der Waals surface area contributed by atoms with Crippen molar-refractivity contribution in [3.63, 3.8) is 0 Å². The van der Waals surface area contributed by atoms with Gasteiger partial charge in [0.05, 0.1) is 0 Å². The van der Waals surface area contributed by atoms with Crippen LogP contribution in [0.25, 0.3) is 0 Å².